The fourth-order valence-electron chi connectivity index (χ4n) is 3.16. The molecule has 0 unspecified atom stereocenters. The fourth-order valence-corrected chi connectivity index (χ4v) is 4.41. The molecule has 1 aromatic heterocycles. The van der Waals surface area contributed by atoms with E-state index in [0.29, 0.717) is 23.1 Å². The van der Waals surface area contributed by atoms with Gasteiger partial charge in [0.05, 0.1) is 6.61 Å². The number of carbonyl (C=O) groups is 1. The molecule has 4 nitrogen and oxygen atoms in total. The van der Waals surface area contributed by atoms with E-state index in [0.717, 1.165) is 40.5 Å². The van der Waals surface area contributed by atoms with Crippen LogP contribution in [-0.4, -0.2) is 24.1 Å². The third-order valence-electron chi connectivity index (χ3n) is 4.60. The zero-order chi connectivity index (χ0) is 21.3. The number of nitrogens with zero attached hydrogens (tertiary/aromatic N) is 1. The highest BCUT2D eigenvalue weighted by Gasteiger charge is 2.19. The van der Waals surface area contributed by atoms with Crippen molar-refractivity contribution < 1.29 is 9.53 Å². The molecule has 2 aromatic carbocycles. The van der Waals surface area contributed by atoms with Gasteiger partial charge < -0.3 is 10.1 Å². The van der Waals surface area contributed by atoms with Gasteiger partial charge in [-0.1, -0.05) is 47.5 Å². The van der Waals surface area contributed by atoms with Gasteiger partial charge in [-0.25, -0.2) is 4.98 Å². The lowest BCUT2D eigenvalue weighted by molar-refractivity contribution is -0.143. The molecule has 0 bridgehead atoms. The average molecular weight is 463 g/mol. The Morgan fingerprint density at radius 2 is 1.63 bits per heavy atom. The van der Waals surface area contributed by atoms with E-state index < -0.39 is 0 Å². The van der Waals surface area contributed by atoms with Crippen LogP contribution in [0.2, 0.25) is 10.0 Å². The number of unbranched alkanes of at least 4 members (excludes halogenated alkanes) is 1. The molecule has 1 N–H and O–H groups in total. The Morgan fingerprint density at radius 3 is 2.20 bits per heavy atom. The van der Waals surface area contributed by atoms with E-state index in [1.807, 2.05) is 61.7 Å². The van der Waals surface area contributed by atoms with E-state index in [2.05, 4.69) is 10.3 Å². The molecule has 0 amide bonds. The minimum absolute atomic E-state index is 0.0522. The lowest BCUT2D eigenvalue weighted by atomic mass is 9.90. The molecule has 0 fully saturated rings. The lowest BCUT2D eigenvalue weighted by Gasteiger charge is -2.16. The predicted octanol–water partition coefficient (Wildman–Crippen LogP) is 6.78. The Balaban J connectivity index is 1.68. The van der Waals surface area contributed by atoms with E-state index in [1.54, 1.807) is 11.3 Å². The number of nitrogens with one attached hydrogen (secondary N) is 1. The van der Waals surface area contributed by atoms with Crippen molar-refractivity contribution in [1.82, 2.24) is 4.98 Å². The summed E-state index contributed by atoms with van der Waals surface area (Å²) in [6.07, 6.45) is 4.04. The van der Waals surface area contributed by atoms with Crippen molar-refractivity contribution in [3.63, 3.8) is 0 Å². The number of thiazole rings is 1. The second kappa shape index (κ2) is 11.3. The predicted molar refractivity (Wildman–Crippen MR) is 125 cm³/mol. The molecule has 7 heteroatoms. The number of carbonyl (C=O) groups excluding carboxylic acids is 1. The van der Waals surface area contributed by atoms with Gasteiger partial charge in [0.15, 0.2) is 5.13 Å². The van der Waals surface area contributed by atoms with Gasteiger partial charge in [-0.15, -0.1) is 11.3 Å². The minimum Gasteiger partial charge on any atom is -0.466 e. The van der Waals surface area contributed by atoms with Crippen LogP contribution < -0.4 is 5.32 Å². The van der Waals surface area contributed by atoms with Crippen molar-refractivity contribution in [3.05, 3.63) is 80.8 Å². The van der Waals surface area contributed by atoms with Crippen LogP contribution in [0.3, 0.4) is 0 Å². The van der Waals surface area contributed by atoms with Crippen LogP contribution in [0, 0.1) is 0 Å². The smallest absolute Gasteiger partial charge is 0.305 e. The maximum atomic E-state index is 11.4. The molecule has 0 aliphatic carbocycles. The molecule has 0 saturated heterocycles. The maximum absolute atomic E-state index is 11.4. The van der Waals surface area contributed by atoms with Crippen LogP contribution in [-0.2, 0) is 9.53 Å². The maximum Gasteiger partial charge on any atom is 0.305 e. The van der Waals surface area contributed by atoms with Crippen LogP contribution in [0.15, 0.2) is 54.7 Å². The van der Waals surface area contributed by atoms with E-state index in [9.17, 15) is 4.79 Å². The molecule has 0 radical (unpaired) electrons. The molecular weight excluding hydrogens is 439 g/mol. The fraction of sp³-hybridized carbons (Fsp3) is 0.304. The highest BCUT2D eigenvalue weighted by Crippen LogP contribution is 2.37. The van der Waals surface area contributed by atoms with Gasteiger partial charge in [0, 0.05) is 40.0 Å². The summed E-state index contributed by atoms with van der Waals surface area (Å²) in [7, 11) is 0. The number of rotatable bonds is 10. The number of ether oxygens (including phenoxy) is 1. The molecule has 0 atom stereocenters. The molecule has 158 valence electrons. The Hall–Kier alpha value is -2.08. The number of esters is 1. The number of hydrogen-bond acceptors (Lipinski definition) is 5. The zero-order valence-electron chi connectivity index (χ0n) is 16.7. The first-order chi connectivity index (χ1) is 14.6. The summed E-state index contributed by atoms with van der Waals surface area (Å²) in [5.41, 5.74) is 2.29. The molecule has 0 spiro atoms. The summed E-state index contributed by atoms with van der Waals surface area (Å²) >= 11 is 13.8. The summed E-state index contributed by atoms with van der Waals surface area (Å²) in [4.78, 5) is 17.1. The van der Waals surface area contributed by atoms with Crippen LogP contribution >= 0.6 is 34.5 Å². The van der Waals surface area contributed by atoms with Gasteiger partial charge in [0.25, 0.3) is 0 Å². The van der Waals surface area contributed by atoms with Gasteiger partial charge >= 0.3 is 5.97 Å². The summed E-state index contributed by atoms with van der Waals surface area (Å²) in [6, 6.07) is 15.8. The Morgan fingerprint density at radius 1 is 1.03 bits per heavy atom. The first kappa shape index (κ1) is 22.6. The van der Waals surface area contributed by atoms with Gasteiger partial charge in [-0.3, -0.25) is 4.79 Å². The molecule has 1 heterocycles. The first-order valence-corrected chi connectivity index (χ1v) is 11.5. The summed E-state index contributed by atoms with van der Waals surface area (Å²) in [5, 5.41) is 5.65. The molecule has 30 heavy (non-hydrogen) atoms. The number of halogens is 2. The number of hydrogen-bond donors (Lipinski definition) is 1. The largest absolute Gasteiger partial charge is 0.466 e. The van der Waals surface area contributed by atoms with Crippen molar-refractivity contribution in [1.29, 1.82) is 0 Å². The number of benzene rings is 2. The third kappa shape index (κ3) is 6.46. The third-order valence-corrected chi connectivity index (χ3v) is 6.13. The van der Waals surface area contributed by atoms with Gasteiger partial charge in [0.1, 0.15) is 0 Å². The Labute approximate surface area is 191 Å². The van der Waals surface area contributed by atoms with E-state index >= 15 is 0 Å². The van der Waals surface area contributed by atoms with E-state index in [-0.39, 0.29) is 11.9 Å². The topological polar surface area (TPSA) is 51.2 Å². The monoisotopic (exact) mass is 462 g/mol. The van der Waals surface area contributed by atoms with Crippen LogP contribution in [0.4, 0.5) is 5.13 Å². The molecule has 3 rings (SSSR count). The number of aromatic nitrogens is 1. The molecular formula is C23H24Cl2N2O2S. The SMILES string of the molecule is CCOC(=O)CCCCNc1ncc(C(c2ccc(Cl)cc2)c2ccc(Cl)cc2)s1. The Bertz CT molecular complexity index is 897. The van der Waals surface area contributed by atoms with Crippen molar-refractivity contribution in [3.8, 4) is 0 Å². The molecule has 0 saturated carbocycles. The van der Waals surface area contributed by atoms with Gasteiger partial charge in [-0.05, 0) is 55.2 Å². The van der Waals surface area contributed by atoms with Gasteiger partial charge in [-0.2, -0.15) is 0 Å². The average Bonchev–Trinajstić information content (AvgIpc) is 3.19. The normalized spacial score (nSPS) is 10.9. The summed E-state index contributed by atoms with van der Waals surface area (Å²) in [5.74, 6) is -0.0841. The second-order valence-corrected chi connectivity index (χ2v) is 8.73. The minimum atomic E-state index is -0.136. The Kier molecular flexibility index (Phi) is 8.55. The van der Waals surface area contributed by atoms with Crippen molar-refractivity contribution in [2.75, 3.05) is 18.5 Å². The van der Waals surface area contributed by atoms with Crippen molar-refractivity contribution in [2.45, 2.75) is 32.1 Å². The van der Waals surface area contributed by atoms with Gasteiger partial charge in [0.2, 0.25) is 0 Å². The quantitative estimate of drug-likeness (QED) is 0.266. The molecule has 3 aromatic rings. The summed E-state index contributed by atoms with van der Waals surface area (Å²) < 4.78 is 4.95. The van der Waals surface area contributed by atoms with Crippen molar-refractivity contribution in [2.24, 2.45) is 0 Å². The van der Waals surface area contributed by atoms with Crippen LogP contribution in [0.5, 0.6) is 0 Å². The van der Waals surface area contributed by atoms with E-state index in [4.69, 9.17) is 27.9 Å². The first-order valence-electron chi connectivity index (χ1n) is 9.93. The highest BCUT2D eigenvalue weighted by atomic mass is 35.5. The molecule has 0 aliphatic rings. The van der Waals surface area contributed by atoms with Crippen molar-refractivity contribution >= 4 is 45.6 Å². The lowest BCUT2D eigenvalue weighted by Crippen LogP contribution is -2.06. The molecule has 0 aliphatic heterocycles. The van der Waals surface area contributed by atoms with E-state index in [1.165, 1.54) is 0 Å². The summed E-state index contributed by atoms with van der Waals surface area (Å²) in [6.45, 7) is 3.02. The second-order valence-electron chi connectivity index (χ2n) is 6.79. The van der Waals surface area contributed by atoms with Crippen LogP contribution in [0.25, 0.3) is 0 Å². The number of anilines is 1. The standard InChI is InChI=1S/C23H24Cl2N2O2S/c1-2-29-21(28)5-3-4-14-26-23-27-15-20(30-23)22(16-6-10-18(24)11-7-16)17-8-12-19(25)13-9-17/h6-13,15,22H,2-5,14H2,1H3,(H,26,27). The highest BCUT2D eigenvalue weighted by molar-refractivity contribution is 7.15. The zero-order valence-corrected chi connectivity index (χ0v) is 19.1. The van der Waals surface area contributed by atoms with Crippen LogP contribution in [0.1, 0.15) is 48.1 Å².